The molecule has 3 N–H and O–H groups in total. The number of nitrogens with zero attached hydrogens (tertiary/aromatic N) is 1. The predicted octanol–water partition coefficient (Wildman–Crippen LogP) is 2.40. The molecule has 1 saturated carbocycles. The summed E-state index contributed by atoms with van der Waals surface area (Å²) in [4.78, 5) is 27.9. The molecular formula is C25H35IN2O6. The lowest BCUT2D eigenvalue weighted by atomic mass is 9.85. The number of hydrogen-bond donors (Lipinski definition) is 3. The third kappa shape index (κ3) is 6.93. The quantitative estimate of drug-likeness (QED) is 0.364. The molecule has 8 nitrogen and oxygen atoms in total. The van der Waals surface area contributed by atoms with Crippen molar-refractivity contribution in [1.82, 2.24) is 10.2 Å². The van der Waals surface area contributed by atoms with Crippen LogP contribution in [0.15, 0.2) is 35.9 Å². The minimum Gasteiger partial charge on any atom is -0.482 e. The Balaban J connectivity index is 1.94. The molecule has 9 heteroatoms. The Morgan fingerprint density at radius 1 is 1.21 bits per heavy atom. The summed E-state index contributed by atoms with van der Waals surface area (Å²) < 4.78 is 12.5. The molecule has 2 aliphatic carbocycles. The fourth-order valence-corrected chi connectivity index (χ4v) is 5.23. The number of halogens is 1. The van der Waals surface area contributed by atoms with Crippen LogP contribution >= 0.6 is 22.6 Å². The van der Waals surface area contributed by atoms with Gasteiger partial charge < -0.3 is 29.9 Å². The van der Waals surface area contributed by atoms with E-state index in [9.17, 15) is 14.7 Å². The van der Waals surface area contributed by atoms with Crippen molar-refractivity contribution < 1.29 is 29.3 Å². The Morgan fingerprint density at radius 3 is 2.62 bits per heavy atom. The summed E-state index contributed by atoms with van der Waals surface area (Å²) in [5.41, 5.74) is 0.435. The first-order chi connectivity index (χ1) is 16.5. The number of rotatable bonds is 10. The number of nitrogens with one attached hydrogen (secondary N) is 1. The van der Waals surface area contributed by atoms with E-state index in [2.05, 4.69) is 27.9 Å². The molecule has 34 heavy (non-hydrogen) atoms. The highest BCUT2D eigenvalue weighted by Gasteiger charge is 2.43. The second kappa shape index (κ2) is 13.4. The first kappa shape index (κ1) is 26.9. The van der Waals surface area contributed by atoms with Crippen molar-refractivity contribution >= 4 is 34.4 Å². The number of aliphatic hydroxyl groups excluding tert-OH is 2. The van der Waals surface area contributed by atoms with E-state index in [4.69, 9.17) is 14.6 Å². The minimum atomic E-state index is -1.02. The van der Waals surface area contributed by atoms with Gasteiger partial charge in [0.1, 0.15) is 24.6 Å². The molecule has 1 aromatic rings. The summed E-state index contributed by atoms with van der Waals surface area (Å²) in [6.07, 6.45) is 4.92. The molecule has 188 valence electrons. The summed E-state index contributed by atoms with van der Waals surface area (Å²) in [6, 6.07) is 6.83. The molecule has 3 unspecified atom stereocenters. The van der Waals surface area contributed by atoms with Gasteiger partial charge in [-0.2, -0.15) is 0 Å². The van der Waals surface area contributed by atoms with Crippen LogP contribution in [0.3, 0.4) is 0 Å². The molecule has 3 atom stereocenters. The Kier molecular flexibility index (Phi) is 10.6. The molecule has 0 saturated heterocycles. The maximum absolute atomic E-state index is 13.3. The number of carbonyl (C=O) groups excluding carboxylic acids is 2. The van der Waals surface area contributed by atoms with Crippen molar-refractivity contribution in [2.24, 2.45) is 0 Å². The van der Waals surface area contributed by atoms with Crippen LogP contribution in [0.5, 0.6) is 5.75 Å². The van der Waals surface area contributed by atoms with Gasteiger partial charge in [-0.05, 0) is 60.6 Å². The summed E-state index contributed by atoms with van der Waals surface area (Å²) >= 11 is 2.16. The monoisotopic (exact) mass is 586 g/mol. The fraction of sp³-hybridized carbons (Fsp3) is 0.600. The van der Waals surface area contributed by atoms with Gasteiger partial charge in [0.25, 0.3) is 0 Å². The maximum atomic E-state index is 13.3. The van der Waals surface area contributed by atoms with E-state index in [1.54, 1.807) is 11.0 Å². The van der Waals surface area contributed by atoms with Gasteiger partial charge in [0.2, 0.25) is 11.8 Å². The molecule has 0 radical (unpaired) electrons. The average Bonchev–Trinajstić information content (AvgIpc) is 2.85. The van der Waals surface area contributed by atoms with Crippen LogP contribution in [0.25, 0.3) is 0 Å². The van der Waals surface area contributed by atoms with Crippen LogP contribution in [-0.4, -0.2) is 77.6 Å². The van der Waals surface area contributed by atoms with Crippen LogP contribution in [-0.2, 0) is 14.3 Å². The average molecular weight is 586 g/mol. The molecular weight excluding hydrogens is 551 g/mol. The van der Waals surface area contributed by atoms with Crippen LogP contribution in [0.2, 0.25) is 0 Å². The van der Waals surface area contributed by atoms with Crippen LogP contribution in [0, 0.1) is 3.57 Å². The summed E-state index contributed by atoms with van der Waals surface area (Å²) in [5.74, 6) is 0.0926. The maximum Gasteiger partial charge on any atom is 0.249 e. The lowest BCUT2D eigenvalue weighted by molar-refractivity contribution is -0.147. The Bertz CT molecular complexity index is 858. The van der Waals surface area contributed by atoms with Crippen LogP contribution in [0.1, 0.15) is 45.4 Å². The molecule has 0 aliphatic heterocycles. The molecule has 1 aromatic carbocycles. The second-order valence-corrected chi connectivity index (χ2v) is 9.84. The summed E-state index contributed by atoms with van der Waals surface area (Å²) in [7, 11) is 0. The van der Waals surface area contributed by atoms with Crippen molar-refractivity contribution in [1.29, 1.82) is 0 Å². The summed E-state index contributed by atoms with van der Waals surface area (Å²) in [6.45, 7) is 2.15. The normalized spacial score (nSPS) is 23.2. The Morgan fingerprint density at radius 2 is 1.94 bits per heavy atom. The highest BCUT2D eigenvalue weighted by atomic mass is 127. The lowest BCUT2D eigenvalue weighted by Gasteiger charge is -2.45. The van der Waals surface area contributed by atoms with Gasteiger partial charge in [0.05, 0.1) is 16.2 Å². The number of carbonyl (C=O) groups is 2. The number of para-hydroxylation sites is 1. The van der Waals surface area contributed by atoms with Gasteiger partial charge in [-0.25, -0.2) is 0 Å². The SMILES string of the molecule is CCOCC(=O)N(C1CCCCC1)C1CC(C(=O)NCCO)=CC(Oc2ccccc2I)C1O. The number of benzene rings is 1. The first-order valence-electron chi connectivity index (χ1n) is 12.0. The van der Waals surface area contributed by atoms with E-state index in [1.807, 2.05) is 31.2 Å². The number of ether oxygens (including phenoxy) is 2. The van der Waals surface area contributed by atoms with Crippen molar-refractivity contribution in [3.05, 3.63) is 39.5 Å². The third-order valence-corrected chi connectivity index (χ3v) is 7.25. The van der Waals surface area contributed by atoms with Gasteiger partial charge in [-0.1, -0.05) is 31.4 Å². The fourth-order valence-electron chi connectivity index (χ4n) is 4.72. The van der Waals surface area contributed by atoms with Crippen LogP contribution in [0.4, 0.5) is 0 Å². The van der Waals surface area contributed by atoms with Crippen LogP contribution < -0.4 is 10.1 Å². The third-order valence-electron chi connectivity index (χ3n) is 6.36. The van der Waals surface area contributed by atoms with Crippen molar-refractivity contribution in [3.63, 3.8) is 0 Å². The standard InChI is InChI=1S/C25H35IN2O6/c1-2-33-16-23(30)28(18-8-4-3-5-9-18)20-14-17(25(32)27-12-13-29)15-22(24(20)31)34-21-11-7-6-10-19(21)26/h6-7,10-11,15,18,20,22,24,29,31H,2-5,8-9,12-14,16H2,1H3,(H,27,32). The molecule has 0 heterocycles. The highest BCUT2D eigenvalue weighted by Crippen LogP contribution is 2.33. The largest absolute Gasteiger partial charge is 0.482 e. The highest BCUT2D eigenvalue weighted by molar-refractivity contribution is 14.1. The van der Waals surface area contributed by atoms with Crippen molar-refractivity contribution in [3.8, 4) is 5.75 Å². The van der Waals surface area contributed by atoms with E-state index in [0.717, 1.165) is 35.7 Å². The van der Waals surface area contributed by atoms with E-state index in [-0.39, 0.29) is 44.0 Å². The summed E-state index contributed by atoms with van der Waals surface area (Å²) in [5, 5.41) is 23.3. The second-order valence-electron chi connectivity index (χ2n) is 8.68. The Labute approximate surface area is 214 Å². The zero-order valence-electron chi connectivity index (χ0n) is 19.6. The van der Waals surface area contributed by atoms with Crippen molar-refractivity contribution in [2.45, 2.75) is 69.7 Å². The van der Waals surface area contributed by atoms with Gasteiger partial charge in [0, 0.05) is 31.2 Å². The molecule has 3 rings (SSSR count). The van der Waals surface area contributed by atoms with E-state index >= 15 is 0 Å². The lowest BCUT2D eigenvalue weighted by Crippen LogP contribution is -2.59. The number of hydrogen-bond acceptors (Lipinski definition) is 6. The molecule has 0 bridgehead atoms. The Hall–Kier alpha value is -1.69. The first-order valence-corrected chi connectivity index (χ1v) is 13.1. The van der Waals surface area contributed by atoms with Gasteiger partial charge in [0.15, 0.2) is 0 Å². The molecule has 2 aliphatic rings. The van der Waals surface area contributed by atoms with E-state index in [1.165, 1.54) is 0 Å². The van der Waals surface area contributed by atoms with E-state index in [0.29, 0.717) is 17.9 Å². The van der Waals surface area contributed by atoms with E-state index < -0.39 is 18.2 Å². The predicted molar refractivity (Wildman–Crippen MR) is 136 cm³/mol. The topological polar surface area (TPSA) is 108 Å². The molecule has 1 fully saturated rings. The zero-order chi connectivity index (χ0) is 24.5. The van der Waals surface area contributed by atoms with Gasteiger partial charge in [-0.3, -0.25) is 9.59 Å². The molecule has 0 spiro atoms. The van der Waals surface area contributed by atoms with Crippen molar-refractivity contribution in [2.75, 3.05) is 26.4 Å². The number of aliphatic hydroxyl groups is 2. The number of amides is 2. The van der Waals surface area contributed by atoms with Gasteiger partial charge in [-0.15, -0.1) is 0 Å². The van der Waals surface area contributed by atoms with Gasteiger partial charge >= 0.3 is 0 Å². The smallest absolute Gasteiger partial charge is 0.249 e. The zero-order valence-corrected chi connectivity index (χ0v) is 21.8. The molecule has 0 aromatic heterocycles. The minimum absolute atomic E-state index is 0.0151. The molecule has 2 amide bonds.